The fourth-order valence-corrected chi connectivity index (χ4v) is 2.28. The van der Waals surface area contributed by atoms with E-state index in [0.717, 1.165) is 13.1 Å². The molecule has 1 heteroatoms. The van der Waals surface area contributed by atoms with Crippen LogP contribution in [0.2, 0.25) is 0 Å². The van der Waals surface area contributed by atoms with Gasteiger partial charge >= 0.3 is 0 Å². The van der Waals surface area contributed by atoms with E-state index in [1.165, 1.54) is 22.4 Å². The van der Waals surface area contributed by atoms with Crippen LogP contribution in [0.15, 0.2) is 48.5 Å². The molecule has 0 N–H and O–H groups in total. The average Bonchev–Trinajstić information content (AvgIpc) is 2.41. The van der Waals surface area contributed by atoms with Gasteiger partial charge in [0.25, 0.3) is 0 Å². The Morgan fingerprint density at radius 3 is 2.06 bits per heavy atom. The van der Waals surface area contributed by atoms with Crippen molar-refractivity contribution in [3.8, 4) is 11.1 Å². The molecule has 0 radical (unpaired) electrons. The number of benzene rings is 2. The molecule has 0 saturated carbocycles. The van der Waals surface area contributed by atoms with Gasteiger partial charge in [0.05, 0.1) is 0 Å². The maximum absolute atomic E-state index is 2.36. The van der Waals surface area contributed by atoms with Crippen LogP contribution in [0.1, 0.15) is 19.4 Å². The van der Waals surface area contributed by atoms with E-state index in [-0.39, 0.29) is 0 Å². The van der Waals surface area contributed by atoms with Crippen molar-refractivity contribution in [2.45, 2.75) is 20.8 Å². The fourth-order valence-electron chi connectivity index (χ4n) is 2.28. The molecule has 18 heavy (non-hydrogen) atoms. The molecule has 0 heterocycles. The summed E-state index contributed by atoms with van der Waals surface area (Å²) in [6, 6.07) is 17.5. The van der Waals surface area contributed by atoms with Crippen LogP contribution < -0.4 is 4.90 Å². The summed E-state index contributed by atoms with van der Waals surface area (Å²) >= 11 is 0. The van der Waals surface area contributed by atoms with E-state index in [0.29, 0.717) is 0 Å². The third-order valence-electron chi connectivity index (χ3n) is 3.35. The minimum atomic E-state index is 1.06. The summed E-state index contributed by atoms with van der Waals surface area (Å²) in [5, 5.41) is 0. The molecular formula is C17H21N. The first kappa shape index (κ1) is 12.7. The fraction of sp³-hybridized carbons (Fsp3) is 0.294. The van der Waals surface area contributed by atoms with E-state index in [9.17, 15) is 0 Å². The van der Waals surface area contributed by atoms with Crippen molar-refractivity contribution in [3.05, 3.63) is 54.1 Å². The normalized spacial score (nSPS) is 10.4. The number of rotatable bonds is 4. The van der Waals surface area contributed by atoms with Crippen LogP contribution in [0, 0.1) is 6.92 Å². The second kappa shape index (κ2) is 5.72. The predicted molar refractivity (Wildman–Crippen MR) is 80.2 cm³/mol. The van der Waals surface area contributed by atoms with Gasteiger partial charge in [0.15, 0.2) is 0 Å². The molecule has 2 aromatic rings. The lowest BCUT2D eigenvalue weighted by Crippen LogP contribution is -2.21. The first-order chi connectivity index (χ1) is 8.74. The minimum absolute atomic E-state index is 1.06. The predicted octanol–water partition coefficient (Wildman–Crippen LogP) is 4.51. The van der Waals surface area contributed by atoms with Gasteiger partial charge in [-0.3, -0.25) is 0 Å². The van der Waals surface area contributed by atoms with Crippen molar-refractivity contribution in [1.82, 2.24) is 0 Å². The molecule has 1 nitrogen and oxygen atoms in total. The Morgan fingerprint density at radius 1 is 0.833 bits per heavy atom. The second-order valence-electron chi connectivity index (χ2n) is 4.59. The highest BCUT2D eigenvalue weighted by atomic mass is 15.1. The lowest BCUT2D eigenvalue weighted by atomic mass is 10.0. The molecule has 0 spiro atoms. The molecule has 0 amide bonds. The van der Waals surface area contributed by atoms with E-state index in [4.69, 9.17) is 0 Å². The quantitative estimate of drug-likeness (QED) is 0.759. The number of nitrogens with zero attached hydrogens (tertiary/aromatic N) is 1. The number of anilines is 1. The summed E-state index contributed by atoms with van der Waals surface area (Å²) in [5.41, 5.74) is 5.19. The second-order valence-corrected chi connectivity index (χ2v) is 4.59. The molecular weight excluding hydrogens is 218 g/mol. The number of aryl methyl sites for hydroxylation is 1. The van der Waals surface area contributed by atoms with Gasteiger partial charge < -0.3 is 4.90 Å². The Hall–Kier alpha value is -1.76. The zero-order chi connectivity index (χ0) is 13.0. The maximum atomic E-state index is 2.36. The summed E-state index contributed by atoms with van der Waals surface area (Å²) in [7, 11) is 0. The van der Waals surface area contributed by atoms with Crippen LogP contribution in [0.4, 0.5) is 5.69 Å². The highest BCUT2D eigenvalue weighted by Gasteiger charge is 2.02. The van der Waals surface area contributed by atoms with Gasteiger partial charge in [-0.05, 0) is 44.0 Å². The summed E-state index contributed by atoms with van der Waals surface area (Å²) in [5.74, 6) is 0. The van der Waals surface area contributed by atoms with Gasteiger partial charge in [0.1, 0.15) is 0 Å². The molecule has 0 unspecified atom stereocenters. The van der Waals surface area contributed by atoms with Crippen molar-refractivity contribution in [1.29, 1.82) is 0 Å². The zero-order valence-electron chi connectivity index (χ0n) is 11.5. The van der Waals surface area contributed by atoms with Crippen LogP contribution >= 0.6 is 0 Å². The van der Waals surface area contributed by atoms with E-state index in [1.807, 2.05) is 0 Å². The largest absolute Gasteiger partial charge is 0.372 e. The Balaban J connectivity index is 2.27. The van der Waals surface area contributed by atoms with Gasteiger partial charge in [-0.1, -0.05) is 42.0 Å². The summed E-state index contributed by atoms with van der Waals surface area (Å²) in [6.45, 7) is 8.63. The lowest BCUT2D eigenvalue weighted by molar-refractivity contribution is 0.866. The lowest BCUT2D eigenvalue weighted by Gasteiger charge is -2.21. The van der Waals surface area contributed by atoms with Gasteiger partial charge in [-0.15, -0.1) is 0 Å². The Morgan fingerprint density at radius 2 is 1.50 bits per heavy atom. The Labute approximate surface area is 110 Å². The van der Waals surface area contributed by atoms with E-state index in [2.05, 4.69) is 74.2 Å². The van der Waals surface area contributed by atoms with Gasteiger partial charge in [0.2, 0.25) is 0 Å². The first-order valence-electron chi connectivity index (χ1n) is 6.66. The molecule has 2 aromatic carbocycles. The smallest absolute Gasteiger partial charge is 0.0366 e. The van der Waals surface area contributed by atoms with Crippen molar-refractivity contribution >= 4 is 5.69 Å². The molecule has 0 aliphatic carbocycles. The van der Waals surface area contributed by atoms with Crippen LogP contribution in [0.25, 0.3) is 11.1 Å². The maximum Gasteiger partial charge on any atom is 0.0366 e. The molecule has 0 bridgehead atoms. The molecule has 0 saturated heterocycles. The third-order valence-corrected chi connectivity index (χ3v) is 3.35. The molecule has 0 aliphatic rings. The van der Waals surface area contributed by atoms with Gasteiger partial charge in [0, 0.05) is 18.8 Å². The van der Waals surface area contributed by atoms with Gasteiger partial charge in [-0.25, -0.2) is 0 Å². The van der Waals surface area contributed by atoms with E-state index >= 15 is 0 Å². The Bertz CT molecular complexity index is 495. The summed E-state index contributed by atoms with van der Waals surface area (Å²) in [6.07, 6.45) is 0. The highest BCUT2D eigenvalue weighted by Crippen LogP contribution is 2.23. The van der Waals surface area contributed by atoms with Crippen LogP contribution in [0.3, 0.4) is 0 Å². The number of hydrogen-bond acceptors (Lipinski definition) is 1. The van der Waals surface area contributed by atoms with Crippen molar-refractivity contribution in [3.63, 3.8) is 0 Å². The monoisotopic (exact) mass is 239 g/mol. The average molecular weight is 239 g/mol. The van der Waals surface area contributed by atoms with Crippen LogP contribution in [-0.2, 0) is 0 Å². The molecule has 0 aliphatic heterocycles. The summed E-state index contributed by atoms with van der Waals surface area (Å²) in [4.78, 5) is 2.36. The van der Waals surface area contributed by atoms with E-state index < -0.39 is 0 Å². The molecule has 2 rings (SSSR count). The SMILES string of the molecule is CCN(CC)c1ccc(-c2cccc(C)c2)cc1. The van der Waals surface area contributed by atoms with Crippen LogP contribution in [0.5, 0.6) is 0 Å². The molecule has 0 fully saturated rings. The highest BCUT2D eigenvalue weighted by molar-refractivity contribution is 5.66. The van der Waals surface area contributed by atoms with Crippen molar-refractivity contribution < 1.29 is 0 Å². The van der Waals surface area contributed by atoms with E-state index in [1.54, 1.807) is 0 Å². The zero-order valence-corrected chi connectivity index (χ0v) is 11.5. The third kappa shape index (κ3) is 2.73. The standard InChI is InChI=1S/C17H21N/c1-4-18(5-2)17-11-9-15(10-12-17)16-8-6-7-14(3)13-16/h6-13H,4-5H2,1-3H3. The molecule has 0 aromatic heterocycles. The minimum Gasteiger partial charge on any atom is -0.372 e. The summed E-state index contributed by atoms with van der Waals surface area (Å²) < 4.78 is 0. The van der Waals surface area contributed by atoms with Gasteiger partial charge in [-0.2, -0.15) is 0 Å². The topological polar surface area (TPSA) is 3.24 Å². The molecule has 0 atom stereocenters. The van der Waals surface area contributed by atoms with Crippen molar-refractivity contribution in [2.24, 2.45) is 0 Å². The van der Waals surface area contributed by atoms with Crippen LogP contribution in [-0.4, -0.2) is 13.1 Å². The Kier molecular flexibility index (Phi) is 4.03. The van der Waals surface area contributed by atoms with Crippen molar-refractivity contribution in [2.75, 3.05) is 18.0 Å². The first-order valence-corrected chi connectivity index (χ1v) is 6.66. The number of hydrogen-bond donors (Lipinski definition) is 0. The molecule has 94 valence electrons.